The lowest BCUT2D eigenvalue weighted by Crippen LogP contribution is -1.96. The Balaban J connectivity index is 1.78. The summed E-state index contributed by atoms with van der Waals surface area (Å²) in [5.74, 6) is 1.12. The Hall–Kier alpha value is -2.25. The molecular weight excluding hydrogens is 320 g/mol. The van der Waals surface area contributed by atoms with Crippen molar-refractivity contribution in [3.05, 3.63) is 54.6 Å². The minimum Gasteiger partial charge on any atom is -0.430 e. The molecule has 3 rings (SSSR count). The molecule has 1 aromatic heterocycles. The van der Waals surface area contributed by atoms with Gasteiger partial charge in [-0.1, -0.05) is 30.3 Å². The van der Waals surface area contributed by atoms with Gasteiger partial charge in [-0.3, -0.25) is 0 Å². The molecule has 0 fully saturated rings. The van der Waals surface area contributed by atoms with E-state index in [1.54, 1.807) is 12.1 Å². The van der Waals surface area contributed by atoms with Gasteiger partial charge in [-0.2, -0.15) is 9.36 Å². The number of sulfone groups is 1. The van der Waals surface area contributed by atoms with Crippen molar-refractivity contribution in [3.8, 4) is 22.3 Å². The van der Waals surface area contributed by atoms with Crippen molar-refractivity contribution in [2.45, 2.75) is 4.90 Å². The van der Waals surface area contributed by atoms with Crippen LogP contribution in [0.2, 0.25) is 0 Å². The first-order chi connectivity index (χ1) is 10.5. The van der Waals surface area contributed by atoms with E-state index >= 15 is 0 Å². The lowest BCUT2D eigenvalue weighted by molar-refractivity contribution is 0.479. The van der Waals surface area contributed by atoms with E-state index in [9.17, 15) is 8.42 Å². The molecule has 0 N–H and O–H groups in total. The molecule has 0 amide bonds. The molecule has 0 radical (unpaired) electrons. The third-order valence-electron chi connectivity index (χ3n) is 2.90. The van der Waals surface area contributed by atoms with Crippen molar-refractivity contribution in [2.24, 2.45) is 0 Å². The van der Waals surface area contributed by atoms with Crippen LogP contribution in [-0.4, -0.2) is 24.0 Å². The third-order valence-corrected chi connectivity index (χ3v) is 4.62. The largest absolute Gasteiger partial charge is 0.430 e. The summed E-state index contributed by atoms with van der Waals surface area (Å²) in [6.45, 7) is 0. The summed E-state index contributed by atoms with van der Waals surface area (Å²) in [7, 11) is -3.21. The van der Waals surface area contributed by atoms with Gasteiger partial charge in [-0.15, -0.1) is 0 Å². The standard InChI is InChI=1S/C15H12N2O3S2/c1-22(18,19)13-9-7-12(8-10-13)20-15-16-14(17-21-15)11-5-3-2-4-6-11/h2-10H,1H3. The van der Waals surface area contributed by atoms with Crippen molar-refractivity contribution in [1.82, 2.24) is 9.36 Å². The van der Waals surface area contributed by atoms with Gasteiger partial charge in [0.15, 0.2) is 15.7 Å². The van der Waals surface area contributed by atoms with Crippen LogP contribution in [-0.2, 0) is 9.84 Å². The molecule has 1 heterocycles. The fourth-order valence-electron chi connectivity index (χ4n) is 1.81. The molecule has 0 saturated carbocycles. The van der Waals surface area contributed by atoms with Gasteiger partial charge in [0, 0.05) is 23.4 Å². The SMILES string of the molecule is CS(=O)(=O)c1ccc(Oc2nc(-c3ccccc3)ns2)cc1. The second-order valence-electron chi connectivity index (χ2n) is 4.60. The summed E-state index contributed by atoms with van der Waals surface area (Å²) in [6.07, 6.45) is 1.17. The molecule has 5 nitrogen and oxygen atoms in total. The van der Waals surface area contributed by atoms with E-state index in [1.807, 2.05) is 30.3 Å². The highest BCUT2D eigenvalue weighted by Gasteiger charge is 2.10. The lowest BCUT2D eigenvalue weighted by Gasteiger charge is -2.02. The Morgan fingerprint density at radius 3 is 2.32 bits per heavy atom. The maximum atomic E-state index is 11.4. The minimum absolute atomic E-state index is 0.252. The number of hydrogen-bond acceptors (Lipinski definition) is 6. The normalized spacial score (nSPS) is 11.3. The molecule has 0 saturated heterocycles. The zero-order chi connectivity index (χ0) is 15.6. The molecule has 0 atom stereocenters. The molecule has 0 bridgehead atoms. The van der Waals surface area contributed by atoms with E-state index in [4.69, 9.17) is 4.74 Å². The monoisotopic (exact) mass is 332 g/mol. The second-order valence-corrected chi connectivity index (χ2v) is 7.33. The van der Waals surface area contributed by atoms with Gasteiger partial charge >= 0.3 is 0 Å². The number of nitrogens with zero attached hydrogens (tertiary/aromatic N) is 2. The highest BCUT2D eigenvalue weighted by atomic mass is 32.2. The number of ether oxygens (including phenoxy) is 1. The van der Waals surface area contributed by atoms with Gasteiger partial charge < -0.3 is 4.74 Å². The smallest absolute Gasteiger partial charge is 0.299 e. The molecule has 0 aliphatic rings. The van der Waals surface area contributed by atoms with Crippen LogP contribution >= 0.6 is 11.5 Å². The zero-order valence-corrected chi connectivity index (χ0v) is 13.3. The predicted molar refractivity (Wildman–Crippen MR) is 85.0 cm³/mol. The van der Waals surface area contributed by atoms with Crippen molar-refractivity contribution >= 4 is 21.4 Å². The first-order valence-electron chi connectivity index (χ1n) is 6.39. The Labute approximate surface area is 132 Å². The molecule has 3 aromatic rings. The molecule has 0 spiro atoms. The van der Waals surface area contributed by atoms with Crippen molar-refractivity contribution in [2.75, 3.05) is 6.26 Å². The van der Waals surface area contributed by atoms with Crippen LogP contribution in [0.3, 0.4) is 0 Å². The van der Waals surface area contributed by atoms with Crippen molar-refractivity contribution in [1.29, 1.82) is 0 Å². The summed E-state index contributed by atoms with van der Waals surface area (Å²) in [6, 6.07) is 15.8. The van der Waals surface area contributed by atoms with Crippen molar-refractivity contribution in [3.63, 3.8) is 0 Å². The highest BCUT2D eigenvalue weighted by molar-refractivity contribution is 7.90. The highest BCUT2D eigenvalue weighted by Crippen LogP contribution is 2.27. The van der Waals surface area contributed by atoms with E-state index in [0.29, 0.717) is 16.8 Å². The molecule has 0 aliphatic heterocycles. The van der Waals surface area contributed by atoms with E-state index in [2.05, 4.69) is 9.36 Å². The Kier molecular flexibility index (Phi) is 3.91. The van der Waals surface area contributed by atoms with Crippen LogP contribution in [0, 0.1) is 0 Å². The predicted octanol–water partition coefficient (Wildman–Crippen LogP) is 3.40. The maximum absolute atomic E-state index is 11.4. The number of benzene rings is 2. The van der Waals surface area contributed by atoms with Crippen LogP contribution in [0.25, 0.3) is 11.4 Å². The van der Waals surface area contributed by atoms with Crippen molar-refractivity contribution < 1.29 is 13.2 Å². The summed E-state index contributed by atoms with van der Waals surface area (Å²) < 4.78 is 32.7. The maximum Gasteiger partial charge on any atom is 0.299 e. The van der Waals surface area contributed by atoms with E-state index in [0.717, 1.165) is 17.1 Å². The van der Waals surface area contributed by atoms with Gasteiger partial charge in [-0.25, -0.2) is 8.42 Å². The molecule has 0 aliphatic carbocycles. The van der Waals surface area contributed by atoms with E-state index in [1.165, 1.54) is 18.4 Å². The molecular formula is C15H12N2O3S2. The first-order valence-corrected chi connectivity index (χ1v) is 9.06. The first kappa shape index (κ1) is 14.7. The molecule has 7 heteroatoms. The summed E-state index contributed by atoms with van der Waals surface area (Å²) >= 11 is 1.15. The fourth-order valence-corrected chi connectivity index (χ4v) is 3.01. The Morgan fingerprint density at radius 1 is 1.00 bits per heavy atom. The number of rotatable bonds is 4. The third kappa shape index (κ3) is 3.32. The minimum atomic E-state index is -3.21. The second kappa shape index (κ2) is 5.86. The lowest BCUT2D eigenvalue weighted by atomic mass is 10.2. The molecule has 112 valence electrons. The molecule has 2 aromatic carbocycles. The van der Waals surface area contributed by atoms with Gasteiger partial charge in [0.2, 0.25) is 0 Å². The topological polar surface area (TPSA) is 69.2 Å². The molecule has 22 heavy (non-hydrogen) atoms. The summed E-state index contributed by atoms with van der Waals surface area (Å²) in [5.41, 5.74) is 0.918. The average molecular weight is 332 g/mol. The number of aromatic nitrogens is 2. The van der Waals surface area contributed by atoms with Gasteiger partial charge in [-0.05, 0) is 24.3 Å². The summed E-state index contributed by atoms with van der Waals surface area (Å²) in [4.78, 5) is 4.57. The van der Waals surface area contributed by atoms with Crippen LogP contribution in [0.15, 0.2) is 59.5 Å². The Morgan fingerprint density at radius 2 is 1.68 bits per heavy atom. The van der Waals surface area contributed by atoms with Crippen LogP contribution in [0.1, 0.15) is 0 Å². The van der Waals surface area contributed by atoms with Crippen LogP contribution in [0.4, 0.5) is 0 Å². The number of hydrogen-bond donors (Lipinski definition) is 0. The zero-order valence-electron chi connectivity index (χ0n) is 11.6. The van der Waals surface area contributed by atoms with Gasteiger partial charge in [0.05, 0.1) is 4.90 Å². The summed E-state index contributed by atoms with van der Waals surface area (Å²) in [5, 5.41) is 0.408. The van der Waals surface area contributed by atoms with E-state index in [-0.39, 0.29) is 4.90 Å². The van der Waals surface area contributed by atoms with E-state index < -0.39 is 9.84 Å². The Bertz CT molecular complexity index is 873. The fraction of sp³-hybridized carbons (Fsp3) is 0.0667. The average Bonchev–Trinajstić information content (AvgIpc) is 2.96. The van der Waals surface area contributed by atoms with Crippen LogP contribution in [0.5, 0.6) is 10.9 Å². The molecule has 0 unspecified atom stereocenters. The van der Waals surface area contributed by atoms with Crippen LogP contribution < -0.4 is 4.74 Å². The quantitative estimate of drug-likeness (QED) is 0.732. The van der Waals surface area contributed by atoms with Gasteiger partial charge in [0.1, 0.15) is 5.75 Å². The van der Waals surface area contributed by atoms with Gasteiger partial charge in [0.25, 0.3) is 5.19 Å².